The van der Waals surface area contributed by atoms with E-state index in [1.807, 2.05) is 0 Å². The number of aliphatic hydroxyl groups excluding tert-OH is 3. The van der Waals surface area contributed by atoms with E-state index >= 15 is 0 Å². The summed E-state index contributed by atoms with van der Waals surface area (Å²) in [5, 5.41) is 28.7. The fourth-order valence-corrected chi connectivity index (χ4v) is 2.70. The van der Waals surface area contributed by atoms with Gasteiger partial charge in [0.25, 0.3) is 0 Å². The number of nitrogens with zero attached hydrogens (tertiary/aromatic N) is 4. The molecule has 2 aromatic rings. The minimum Gasteiger partial charge on any atom is -0.394 e. The first-order valence-electron chi connectivity index (χ1n) is 5.95. The topological polar surface area (TPSA) is 151 Å². The van der Waals surface area contributed by atoms with Gasteiger partial charge in [0, 0.05) is 0 Å². The van der Waals surface area contributed by atoms with Crippen LogP contribution >= 0.6 is 0 Å². The van der Waals surface area contributed by atoms with Crippen LogP contribution in [0.15, 0.2) is 17.7 Å². The van der Waals surface area contributed by atoms with E-state index in [0.717, 1.165) is 6.33 Å². The molecule has 10 nitrogen and oxygen atoms in total. The van der Waals surface area contributed by atoms with Crippen molar-refractivity contribution in [3.05, 3.63) is 12.7 Å². The van der Waals surface area contributed by atoms with Crippen molar-refractivity contribution in [1.82, 2.24) is 19.5 Å². The lowest BCUT2D eigenvalue weighted by Gasteiger charge is -2.16. The second-order valence-corrected chi connectivity index (χ2v) is 5.37. The Morgan fingerprint density at radius 3 is 2.67 bits per heavy atom. The van der Waals surface area contributed by atoms with Crippen molar-refractivity contribution in [3.8, 4) is 0 Å². The molecule has 0 spiro atoms. The molecule has 11 heteroatoms. The summed E-state index contributed by atoms with van der Waals surface area (Å²) in [5.74, 6) is 0. The van der Waals surface area contributed by atoms with Crippen molar-refractivity contribution >= 4 is 22.2 Å². The SMILES string of the molecule is O=S(O)c1ncnc2c1ncn2[C@@H]1O[C@H](CO)[C@@H](O)[C@H]1O. The van der Waals surface area contributed by atoms with Gasteiger partial charge in [0.05, 0.1) is 12.9 Å². The molecule has 3 rings (SSSR count). The van der Waals surface area contributed by atoms with Crippen molar-refractivity contribution in [2.75, 3.05) is 6.61 Å². The third-order valence-corrected chi connectivity index (χ3v) is 3.91. The van der Waals surface area contributed by atoms with Gasteiger partial charge in [-0.05, 0) is 0 Å². The van der Waals surface area contributed by atoms with Gasteiger partial charge in [-0.25, -0.2) is 19.2 Å². The summed E-state index contributed by atoms with van der Waals surface area (Å²) >= 11 is -2.34. The number of aliphatic hydroxyl groups is 3. The molecule has 4 N–H and O–H groups in total. The summed E-state index contributed by atoms with van der Waals surface area (Å²) in [4.78, 5) is 11.6. The number of fused-ring (bicyclic) bond motifs is 1. The van der Waals surface area contributed by atoms with E-state index in [1.54, 1.807) is 0 Å². The summed E-state index contributed by atoms with van der Waals surface area (Å²) in [6, 6.07) is 0. The number of hydrogen-bond acceptors (Lipinski definition) is 8. The maximum Gasteiger partial charge on any atom is 0.208 e. The van der Waals surface area contributed by atoms with E-state index in [1.165, 1.54) is 10.9 Å². The zero-order chi connectivity index (χ0) is 15.1. The minimum absolute atomic E-state index is 0.0936. The molecule has 0 aliphatic carbocycles. The molecule has 5 atom stereocenters. The highest BCUT2D eigenvalue weighted by atomic mass is 32.2. The van der Waals surface area contributed by atoms with Crippen LogP contribution in [0.3, 0.4) is 0 Å². The Hall–Kier alpha value is -1.50. The Kier molecular flexibility index (Phi) is 3.69. The standard InChI is InChI=1S/C10H12N4O6S/c15-1-4-6(16)7(17)10(20-4)14-3-13-5-8(14)11-2-12-9(5)21(18)19/h2-4,6-7,10,15-17H,1H2,(H,18,19)/t4-,6-,7-,10-/m1/s1. The van der Waals surface area contributed by atoms with Crippen LogP contribution in [0.2, 0.25) is 0 Å². The van der Waals surface area contributed by atoms with Crippen molar-refractivity contribution < 1.29 is 28.8 Å². The predicted octanol–water partition coefficient (Wildman–Crippen LogP) is -1.98. The number of rotatable bonds is 3. The third-order valence-electron chi connectivity index (χ3n) is 3.28. The Labute approximate surface area is 120 Å². The lowest BCUT2D eigenvalue weighted by Crippen LogP contribution is -2.33. The van der Waals surface area contributed by atoms with Gasteiger partial charge in [-0.1, -0.05) is 0 Å². The molecule has 0 amide bonds. The maximum absolute atomic E-state index is 11.2. The first-order chi connectivity index (χ1) is 10.0. The molecule has 0 bridgehead atoms. The molecule has 1 saturated heterocycles. The van der Waals surface area contributed by atoms with Crippen LogP contribution in [-0.2, 0) is 15.8 Å². The molecular formula is C10H12N4O6S. The highest BCUT2D eigenvalue weighted by molar-refractivity contribution is 7.79. The average molecular weight is 316 g/mol. The summed E-state index contributed by atoms with van der Waals surface area (Å²) in [6.45, 7) is -0.456. The monoisotopic (exact) mass is 316 g/mol. The Morgan fingerprint density at radius 1 is 1.29 bits per heavy atom. The number of hydrogen-bond donors (Lipinski definition) is 4. The van der Waals surface area contributed by atoms with Crippen molar-refractivity contribution in [2.45, 2.75) is 29.6 Å². The van der Waals surface area contributed by atoms with Crippen LogP contribution in [0, 0.1) is 0 Å². The van der Waals surface area contributed by atoms with Gasteiger partial charge in [0.15, 0.2) is 16.9 Å². The predicted molar refractivity (Wildman–Crippen MR) is 67.4 cm³/mol. The van der Waals surface area contributed by atoms with Crippen molar-refractivity contribution in [3.63, 3.8) is 0 Å². The largest absolute Gasteiger partial charge is 0.394 e. The number of imidazole rings is 1. The zero-order valence-corrected chi connectivity index (χ0v) is 11.3. The van der Waals surface area contributed by atoms with Gasteiger partial charge in [-0.2, -0.15) is 0 Å². The van der Waals surface area contributed by atoms with Gasteiger partial charge in [-0.15, -0.1) is 0 Å². The average Bonchev–Trinajstić information content (AvgIpc) is 3.01. The Bertz CT molecular complexity index is 693. The molecule has 114 valence electrons. The van der Waals surface area contributed by atoms with Crippen molar-refractivity contribution in [2.24, 2.45) is 0 Å². The lowest BCUT2D eigenvalue weighted by molar-refractivity contribution is -0.0511. The third kappa shape index (κ3) is 2.23. The molecule has 1 aliphatic heterocycles. The Morgan fingerprint density at radius 2 is 2.05 bits per heavy atom. The fourth-order valence-electron chi connectivity index (χ4n) is 2.25. The second kappa shape index (κ2) is 5.36. The van der Waals surface area contributed by atoms with E-state index in [4.69, 9.17) is 14.4 Å². The molecule has 3 heterocycles. The molecule has 1 aliphatic rings. The molecule has 0 saturated carbocycles. The van der Waals surface area contributed by atoms with Crippen LogP contribution in [0.1, 0.15) is 6.23 Å². The number of ether oxygens (including phenoxy) is 1. The lowest BCUT2D eigenvalue weighted by atomic mass is 10.1. The highest BCUT2D eigenvalue weighted by Gasteiger charge is 2.44. The van der Waals surface area contributed by atoms with Crippen LogP contribution in [0.5, 0.6) is 0 Å². The van der Waals surface area contributed by atoms with Crippen LogP contribution in [0.25, 0.3) is 11.2 Å². The molecule has 1 unspecified atom stereocenters. The zero-order valence-electron chi connectivity index (χ0n) is 10.5. The maximum atomic E-state index is 11.2. The molecule has 1 fully saturated rings. The second-order valence-electron chi connectivity index (χ2n) is 4.48. The van der Waals surface area contributed by atoms with Crippen LogP contribution in [-0.4, -0.2) is 68.5 Å². The quantitative estimate of drug-likeness (QED) is 0.373. The number of aromatic nitrogens is 4. The highest BCUT2D eigenvalue weighted by Crippen LogP contribution is 2.31. The Balaban J connectivity index is 2.06. The fraction of sp³-hybridized carbons (Fsp3) is 0.500. The molecule has 2 aromatic heterocycles. The van der Waals surface area contributed by atoms with Crippen LogP contribution < -0.4 is 0 Å². The summed E-state index contributed by atoms with van der Waals surface area (Å²) < 4.78 is 27.0. The summed E-state index contributed by atoms with van der Waals surface area (Å²) in [7, 11) is 0. The van der Waals surface area contributed by atoms with E-state index < -0.39 is 42.2 Å². The van der Waals surface area contributed by atoms with Gasteiger partial charge >= 0.3 is 0 Å². The van der Waals surface area contributed by atoms with Gasteiger partial charge < -0.3 is 24.6 Å². The van der Waals surface area contributed by atoms with Gasteiger partial charge in [-0.3, -0.25) is 4.57 Å². The van der Waals surface area contributed by atoms with E-state index in [9.17, 15) is 14.4 Å². The summed E-state index contributed by atoms with van der Waals surface area (Å²) in [5.41, 5.74) is 0.272. The minimum atomic E-state index is -2.34. The van der Waals surface area contributed by atoms with Gasteiger partial charge in [0.2, 0.25) is 11.1 Å². The van der Waals surface area contributed by atoms with Crippen molar-refractivity contribution in [1.29, 1.82) is 0 Å². The van der Waals surface area contributed by atoms with E-state index in [0.29, 0.717) is 0 Å². The first kappa shape index (κ1) is 14.4. The molecule has 0 aromatic carbocycles. The molecule has 0 radical (unpaired) electrons. The van der Waals surface area contributed by atoms with Gasteiger partial charge in [0.1, 0.15) is 30.2 Å². The first-order valence-corrected chi connectivity index (χ1v) is 7.06. The van der Waals surface area contributed by atoms with E-state index in [2.05, 4.69) is 15.0 Å². The van der Waals surface area contributed by atoms with E-state index in [-0.39, 0.29) is 16.2 Å². The molecular weight excluding hydrogens is 304 g/mol. The van der Waals surface area contributed by atoms with Crippen LogP contribution in [0.4, 0.5) is 0 Å². The normalized spacial score (nSPS) is 30.9. The molecule has 21 heavy (non-hydrogen) atoms. The smallest absolute Gasteiger partial charge is 0.208 e. The summed E-state index contributed by atoms with van der Waals surface area (Å²) in [6.07, 6.45) is -2.16.